The number of nitrogens with two attached hydrogens (primary N) is 1. The van der Waals surface area contributed by atoms with Crippen molar-refractivity contribution in [2.75, 3.05) is 5.73 Å². The SMILES string of the molecule is Cc1c(Cl)nnc(N)c1COCc1ccccc1. The Kier molecular flexibility index (Phi) is 4.12. The van der Waals surface area contributed by atoms with Crippen LogP contribution in [0.4, 0.5) is 5.82 Å². The first kappa shape index (κ1) is 12.8. The van der Waals surface area contributed by atoms with E-state index < -0.39 is 0 Å². The topological polar surface area (TPSA) is 61.0 Å². The molecule has 5 heteroatoms. The number of benzene rings is 1. The van der Waals surface area contributed by atoms with Crippen LogP contribution in [0.2, 0.25) is 5.15 Å². The van der Waals surface area contributed by atoms with Gasteiger partial charge in [0.1, 0.15) is 0 Å². The molecule has 0 aliphatic rings. The van der Waals surface area contributed by atoms with Crippen LogP contribution in [-0.4, -0.2) is 10.2 Å². The third kappa shape index (κ3) is 2.97. The third-order valence-electron chi connectivity index (χ3n) is 2.67. The molecule has 18 heavy (non-hydrogen) atoms. The number of rotatable bonds is 4. The van der Waals surface area contributed by atoms with Gasteiger partial charge in [-0.15, -0.1) is 10.2 Å². The predicted octanol–water partition coefficient (Wildman–Crippen LogP) is 2.74. The maximum absolute atomic E-state index is 5.90. The number of anilines is 1. The Morgan fingerprint density at radius 3 is 2.61 bits per heavy atom. The van der Waals surface area contributed by atoms with E-state index >= 15 is 0 Å². The average molecular weight is 264 g/mol. The van der Waals surface area contributed by atoms with Crippen LogP contribution in [0.15, 0.2) is 30.3 Å². The van der Waals surface area contributed by atoms with Crippen molar-refractivity contribution in [3.63, 3.8) is 0 Å². The number of hydrogen-bond donors (Lipinski definition) is 1. The summed E-state index contributed by atoms with van der Waals surface area (Å²) in [4.78, 5) is 0. The minimum atomic E-state index is 0.363. The summed E-state index contributed by atoms with van der Waals surface area (Å²) in [5.41, 5.74) is 8.48. The molecule has 0 aliphatic carbocycles. The normalized spacial score (nSPS) is 10.6. The lowest BCUT2D eigenvalue weighted by Gasteiger charge is -2.09. The van der Waals surface area contributed by atoms with Gasteiger partial charge in [0.25, 0.3) is 0 Å². The van der Waals surface area contributed by atoms with Crippen molar-refractivity contribution >= 4 is 17.4 Å². The standard InChI is InChI=1S/C13H14ClN3O/c1-9-11(13(15)17-16-12(9)14)8-18-7-10-5-3-2-4-6-10/h2-6H,7-8H2,1H3,(H2,15,17). The highest BCUT2D eigenvalue weighted by Crippen LogP contribution is 2.20. The van der Waals surface area contributed by atoms with Gasteiger partial charge in [0.05, 0.1) is 13.2 Å². The summed E-state index contributed by atoms with van der Waals surface area (Å²) < 4.78 is 5.62. The van der Waals surface area contributed by atoms with Crippen molar-refractivity contribution < 1.29 is 4.74 Å². The fraction of sp³-hybridized carbons (Fsp3) is 0.231. The summed E-state index contributed by atoms with van der Waals surface area (Å²) >= 11 is 5.90. The molecule has 1 aromatic carbocycles. The summed E-state index contributed by atoms with van der Waals surface area (Å²) in [6.07, 6.45) is 0. The van der Waals surface area contributed by atoms with E-state index in [4.69, 9.17) is 22.1 Å². The van der Waals surface area contributed by atoms with E-state index in [-0.39, 0.29) is 0 Å². The number of halogens is 1. The van der Waals surface area contributed by atoms with E-state index in [2.05, 4.69) is 10.2 Å². The van der Waals surface area contributed by atoms with Crippen LogP contribution in [0.1, 0.15) is 16.7 Å². The largest absolute Gasteiger partial charge is 0.382 e. The van der Waals surface area contributed by atoms with E-state index in [0.29, 0.717) is 24.2 Å². The number of aromatic nitrogens is 2. The number of ether oxygens (including phenoxy) is 1. The first-order chi connectivity index (χ1) is 8.68. The van der Waals surface area contributed by atoms with Crippen LogP contribution in [0.5, 0.6) is 0 Å². The molecule has 94 valence electrons. The summed E-state index contributed by atoms with van der Waals surface area (Å²) in [5.74, 6) is 0.366. The Bertz CT molecular complexity index is 531. The molecule has 0 saturated carbocycles. The zero-order chi connectivity index (χ0) is 13.0. The number of hydrogen-bond acceptors (Lipinski definition) is 4. The van der Waals surface area contributed by atoms with Crippen LogP contribution in [0, 0.1) is 6.92 Å². The van der Waals surface area contributed by atoms with Crippen LogP contribution in [0.25, 0.3) is 0 Å². The Morgan fingerprint density at radius 1 is 1.17 bits per heavy atom. The van der Waals surface area contributed by atoms with Crippen molar-refractivity contribution in [1.82, 2.24) is 10.2 Å². The Hall–Kier alpha value is -1.65. The van der Waals surface area contributed by atoms with Crippen LogP contribution < -0.4 is 5.73 Å². The smallest absolute Gasteiger partial charge is 0.155 e. The average Bonchev–Trinajstić information content (AvgIpc) is 2.39. The third-order valence-corrected chi connectivity index (χ3v) is 3.03. The minimum Gasteiger partial charge on any atom is -0.382 e. The molecule has 4 nitrogen and oxygen atoms in total. The second-order valence-electron chi connectivity index (χ2n) is 3.96. The Labute approximate surface area is 111 Å². The molecule has 0 spiro atoms. The molecule has 1 heterocycles. The second-order valence-corrected chi connectivity index (χ2v) is 4.32. The molecule has 0 radical (unpaired) electrons. The first-order valence-corrected chi connectivity index (χ1v) is 5.95. The van der Waals surface area contributed by atoms with Crippen molar-refractivity contribution in [3.05, 3.63) is 52.2 Å². The van der Waals surface area contributed by atoms with Gasteiger partial charge in [0.2, 0.25) is 0 Å². The quantitative estimate of drug-likeness (QED) is 0.921. The molecule has 2 rings (SSSR count). The fourth-order valence-corrected chi connectivity index (χ4v) is 1.73. The first-order valence-electron chi connectivity index (χ1n) is 5.57. The summed E-state index contributed by atoms with van der Waals surface area (Å²) in [7, 11) is 0. The van der Waals surface area contributed by atoms with Gasteiger partial charge in [-0.3, -0.25) is 0 Å². The molecular formula is C13H14ClN3O. The van der Waals surface area contributed by atoms with Crippen LogP contribution in [-0.2, 0) is 18.0 Å². The summed E-state index contributed by atoms with van der Waals surface area (Å²) in [6.45, 7) is 2.76. The number of nitrogens with zero attached hydrogens (tertiary/aromatic N) is 2. The van der Waals surface area contributed by atoms with E-state index in [9.17, 15) is 0 Å². The molecule has 2 aromatic rings. The van der Waals surface area contributed by atoms with Gasteiger partial charge >= 0.3 is 0 Å². The monoisotopic (exact) mass is 263 g/mol. The van der Waals surface area contributed by atoms with Gasteiger partial charge in [-0.1, -0.05) is 41.9 Å². The second kappa shape index (κ2) is 5.80. The summed E-state index contributed by atoms with van der Waals surface area (Å²) in [6, 6.07) is 9.94. The van der Waals surface area contributed by atoms with Crippen molar-refractivity contribution in [1.29, 1.82) is 0 Å². The Balaban J connectivity index is 2.01. The predicted molar refractivity (Wildman–Crippen MR) is 71.1 cm³/mol. The maximum Gasteiger partial charge on any atom is 0.155 e. The van der Waals surface area contributed by atoms with Gasteiger partial charge in [-0.25, -0.2) is 0 Å². The van der Waals surface area contributed by atoms with Gasteiger partial charge in [-0.2, -0.15) is 0 Å². The molecule has 1 aromatic heterocycles. The van der Waals surface area contributed by atoms with Gasteiger partial charge in [0.15, 0.2) is 11.0 Å². The zero-order valence-corrected chi connectivity index (χ0v) is 10.8. The molecule has 0 fully saturated rings. The lowest BCUT2D eigenvalue weighted by atomic mass is 10.2. The molecule has 0 unspecified atom stereocenters. The Morgan fingerprint density at radius 2 is 1.89 bits per heavy atom. The number of nitrogen functional groups attached to an aromatic ring is 1. The van der Waals surface area contributed by atoms with Crippen molar-refractivity contribution in [2.45, 2.75) is 20.1 Å². The fourth-order valence-electron chi connectivity index (χ4n) is 1.58. The van der Waals surface area contributed by atoms with E-state index in [1.807, 2.05) is 37.3 Å². The zero-order valence-electron chi connectivity index (χ0n) is 10.1. The van der Waals surface area contributed by atoms with Gasteiger partial charge in [-0.05, 0) is 18.1 Å². The highest BCUT2D eigenvalue weighted by Gasteiger charge is 2.09. The lowest BCUT2D eigenvalue weighted by molar-refractivity contribution is 0.107. The van der Waals surface area contributed by atoms with Crippen molar-refractivity contribution in [3.8, 4) is 0 Å². The van der Waals surface area contributed by atoms with Crippen LogP contribution in [0.3, 0.4) is 0 Å². The van der Waals surface area contributed by atoms with Gasteiger partial charge in [0, 0.05) is 5.56 Å². The molecule has 0 aliphatic heterocycles. The van der Waals surface area contributed by atoms with Gasteiger partial charge < -0.3 is 10.5 Å². The molecule has 0 amide bonds. The maximum atomic E-state index is 5.90. The highest BCUT2D eigenvalue weighted by atomic mass is 35.5. The molecule has 0 atom stereocenters. The molecular weight excluding hydrogens is 250 g/mol. The van der Waals surface area contributed by atoms with Crippen molar-refractivity contribution in [2.24, 2.45) is 0 Å². The molecule has 2 N–H and O–H groups in total. The molecule has 0 bridgehead atoms. The lowest BCUT2D eigenvalue weighted by Crippen LogP contribution is -2.05. The van der Waals surface area contributed by atoms with E-state index in [1.54, 1.807) is 0 Å². The van der Waals surface area contributed by atoms with E-state index in [1.165, 1.54) is 0 Å². The summed E-state index contributed by atoms with van der Waals surface area (Å²) in [5, 5.41) is 7.88. The van der Waals surface area contributed by atoms with E-state index in [0.717, 1.165) is 16.7 Å². The highest BCUT2D eigenvalue weighted by molar-refractivity contribution is 6.30. The molecule has 0 saturated heterocycles. The minimum absolute atomic E-state index is 0.363. The van der Waals surface area contributed by atoms with Crippen LogP contribution >= 0.6 is 11.6 Å².